The first kappa shape index (κ1) is 19.4. The van der Waals surface area contributed by atoms with Crippen LogP contribution in [0.2, 0.25) is 0 Å². The van der Waals surface area contributed by atoms with Crippen molar-refractivity contribution >= 4 is 15.7 Å². The van der Waals surface area contributed by atoms with Crippen molar-refractivity contribution in [1.29, 1.82) is 0 Å². The predicted molar refractivity (Wildman–Crippen MR) is 97.5 cm³/mol. The quantitative estimate of drug-likeness (QED) is 0.549. The molecule has 2 aromatic rings. The van der Waals surface area contributed by atoms with Gasteiger partial charge in [-0.25, -0.2) is 13.1 Å². The molecule has 2 N–H and O–H groups in total. The monoisotopic (exact) mass is 392 g/mol. The minimum atomic E-state index is -3.90. The van der Waals surface area contributed by atoms with Gasteiger partial charge < -0.3 is 9.84 Å². The third-order valence-corrected chi connectivity index (χ3v) is 5.98. The average Bonchev–Trinajstić information content (AvgIpc) is 3.00. The van der Waals surface area contributed by atoms with Crippen molar-refractivity contribution in [3.63, 3.8) is 0 Å². The van der Waals surface area contributed by atoms with Crippen molar-refractivity contribution in [3.05, 3.63) is 70.3 Å². The summed E-state index contributed by atoms with van der Waals surface area (Å²) in [5.41, 5.74) is 0.811. The van der Waals surface area contributed by atoms with Gasteiger partial charge in [-0.2, -0.15) is 0 Å². The highest BCUT2D eigenvalue weighted by Gasteiger charge is 2.36. The minimum absolute atomic E-state index is 0.0889. The van der Waals surface area contributed by atoms with Crippen molar-refractivity contribution in [2.24, 2.45) is 0 Å². The van der Waals surface area contributed by atoms with E-state index in [1.165, 1.54) is 12.1 Å². The predicted octanol–water partition coefficient (Wildman–Crippen LogP) is 1.98. The molecule has 2 aromatic carbocycles. The van der Waals surface area contributed by atoms with Crippen LogP contribution >= 0.6 is 0 Å². The first-order valence-electron chi connectivity index (χ1n) is 8.45. The van der Waals surface area contributed by atoms with Gasteiger partial charge >= 0.3 is 0 Å². The summed E-state index contributed by atoms with van der Waals surface area (Å²) < 4.78 is 33.2. The van der Waals surface area contributed by atoms with Gasteiger partial charge in [0.2, 0.25) is 10.0 Å². The lowest BCUT2D eigenvalue weighted by atomic mass is 10.2. The third-order valence-electron chi connectivity index (χ3n) is 4.48. The number of aliphatic hydroxyl groups is 1. The second-order valence-electron chi connectivity index (χ2n) is 6.44. The van der Waals surface area contributed by atoms with Crippen molar-refractivity contribution in [3.8, 4) is 0 Å². The Balaban J connectivity index is 1.60. The first-order chi connectivity index (χ1) is 12.8. The number of aliphatic hydroxyl groups excluding tert-OH is 1. The summed E-state index contributed by atoms with van der Waals surface area (Å²) in [7, 11) is -3.90. The fourth-order valence-electron chi connectivity index (χ4n) is 3.04. The van der Waals surface area contributed by atoms with E-state index >= 15 is 0 Å². The molecule has 3 rings (SSSR count). The number of benzene rings is 2. The maximum absolute atomic E-state index is 12.5. The molecule has 8 nitrogen and oxygen atoms in total. The van der Waals surface area contributed by atoms with E-state index in [1.54, 1.807) is 0 Å². The van der Waals surface area contributed by atoms with E-state index in [2.05, 4.69) is 4.72 Å². The van der Waals surface area contributed by atoms with E-state index in [1.807, 2.05) is 30.3 Å². The second-order valence-corrected chi connectivity index (χ2v) is 8.15. The van der Waals surface area contributed by atoms with Crippen LogP contribution in [0.15, 0.2) is 59.5 Å². The molecule has 9 heteroatoms. The van der Waals surface area contributed by atoms with Gasteiger partial charge in [0, 0.05) is 18.6 Å². The third kappa shape index (κ3) is 4.89. The van der Waals surface area contributed by atoms with Crippen molar-refractivity contribution in [2.75, 3.05) is 0 Å². The molecule has 0 aromatic heterocycles. The molecule has 1 saturated carbocycles. The number of nitrogens with one attached hydrogen (secondary N) is 1. The Hall–Kier alpha value is -2.33. The molecule has 0 radical (unpaired) electrons. The summed E-state index contributed by atoms with van der Waals surface area (Å²) in [5.74, 6) is 0. The summed E-state index contributed by atoms with van der Waals surface area (Å²) in [6.07, 6.45) is -0.441. The zero-order valence-corrected chi connectivity index (χ0v) is 15.2. The highest BCUT2D eigenvalue weighted by atomic mass is 32.2. The Bertz CT molecular complexity index is 886. The molecule has 3 atom stereocenters. The minimum Gasteiger partial charge on any atom is -0.391 e. The lowest BCUT2D eigenvalue weighted by Gasteiger charge is -2.16. The van der Waals surface area contributed by atoms with Crippen LogP contribution in [0, 0.1) is 10.1 Å². The lowest BCUT2D eigenvalue weighted by Crippen LogP contribution is -2.39. The number of nitrogens with zero attached hydrogens (tertiary/aromatic N) is 1. The Morgan fingerprint density at radius 3 is 2.41 bits per heavy atom. The first-order valence-corrected chi connectivity index (χ1v) is 9.94. The van der Waals surface area contributed by atoms with Gasteiger partial charge in [-0.1, -0.05) is 30.3 Å². The van der Waals surface area contributed by atoms with Crippen molar-refractivity contribution in [1.82, 2.24) is 4.72 Å². The van der Waals surface area contributed by atoms with Crippen LogP contribution < -0.4 is 4.72 Å². The molecule has 1 aliphatic rings. The van der Waals surface area contributed by atoms with Crippen LogP contribution in [-0.4, -0.2) is 36.7 Å². The number of ether oxygens (including phenoxy) is 1. The Morgan fingerprint density at radius 2 is 1.78 bits per heavy atom. The summed E-state index contributed by atoms with van der Waals surface area (Å²) in [5, 5.41) is 20.9. The van der Waals surface area contributed by atoms with E-state index in [0.29, 0.717) is 19.4 Å². The van der Waals surface area contributed by atoms with Crippen molar-refractivity contribution < 1.29 is 23.2 Å². The van der Waals surface area contributed by atoms with E-state index in [4.69, 9.17) is 4.74 Å². The summed E-state index contributed by atoms with van der Waals surface area (Å²) >= 11 is 0. The van der Waals surface area contributed by atoms with E-state index < -0.39 is 27.1 Å². The van der Waals surface area contributed by atoms with E-state index in [0.717, 1.165) is 17.7 Å². The number of hydrogen-bond donors (Lipinski definition) is 2. The van der Waals surface area contributed by atoms with Crippen molar-refractivity contribution in [2.45, 2.75) is 42.6 Å². The van der Waals surface area contributed by atoms with Gasteiger partial charge in [0.15, 0.2) is 0 Å². The smallest absolute Gasteiger partial charge is 0.269 e. The summed E-state index contributed by atoms with van der Waals surface area (Å²) in [6, 6.07) is 13.5. The second kappa shape index (κ2) is 8.13. The molecule has 0 unspecified atom stereocenters. The van der Waals surface area contributed by atoms with Gasteiger partial charge in [0.25, 0.3) is 5.69 Å². The molecule has 0 saturated heterocycles. The zero-order valence-electron chi connectivity index (χ0n) is 14.4. The molecule has 144 valence electrons. The SMILES string of the molecule is O=[N+]([O-])c1ccc(S(=O)(=O)N[C@@H]2C[C@@H](OCc3ccccc3)C[C@@H]2O)cc1. The maximum atomic E-state index is 12.5. The number of sulfonamides is 1. The van der Waals surface area contributed by atoms with Crippen LogP contribution in [0.5, 0.6) is 0 Å². The number of nitro benzene ring substituents is 1. The standard InChI is InChI=1S/C18H20N2O6S/c21-18-11-15(26-12-13-4-2-1-3-5-13)10-17(18)19-27(24,25)16-8-6-14(7-9-16)20(22)23/h1-9,15,17-19,21H,10-12H2/t15-,17-,18+/m1/s1. The molecule has 1 aliphatic carbocycles. The van der Waals surface area contributed by atoms with Gasteiger partial charge in [-0.05, 0) is 24.1 Å². The molecule has 27 heavy (non-hydrogen) atoms. The van der Waals surface area contributed by atoms with Gasteiger partial charge in [0.05, 0.1) is 34.7 Å². The molecular weight excluding hydrogens is 372 g/mol. The van der Waals surface area contributed by atoms with E-state index in [9.17, 15) is 23.6 Å². The van der Waals surface area contributed by atoms with Gasteiger partial charge in [-0.3, -0.25) is 10.1 Å². The number of non-ortho nitro benzene ring substituents is 1. The molecule has 0 amide bonds. The Morgan fingerprint density at radius 1 is 1.11 bits per heavy atom. The highest BCUT2D eigenvalue weighted by molar-refractivity contribution is 7.89. The Labute approximate surface area is 157 Å². The topological polar surface area (TPSA) is 119 Å². The molecule has 0 bridgehead atoms. The van der Waals surface area contributed by atoms with Crippen LogP contribution in [0.1, 0.15) is 18.4 Å². The fourth-order valence-corrected chi connectivity index (χ4v) is 4.32. The largest absolute Gasteiger partial charge is 0.391 e. The van der Waals surface area contributed by atoms with E-state index in [-0.39, 0.29) is 16.7 Å². The van der Waals surface area contributed by atoms with Crippen LogP contribution in [0.4, 0.5) is 5.69 Å². The van der Waals surface area contributed by atoms with Crippen LogP contribution in [0.25, 0.3) is 0 Å². The normalized spacial score (nSPS) is 22.6. The fraction of sp³-hybridized carbons (Fsp3) is 0.333. The Kier molecular flexibility index (Phi) is 5.85. The molecule has 0 spiro atoms. The lowest BCUT2D eigenvalue weighted by molar-refractivity contribution is -0.384. The number of hydrogen-bond acceptors (Lipinski definition) is 6. The van der Waals surface area contributed by atoms with Gasteiger partial charge in [-0.15, -0.1) is 0 Å². The number of rotatable bonds is 7. The molecule has 0 aliphatic heterocycles. The number of nitro groups is 1. The van der Waals surface area contributed by atoms with Crippen LogP contribution in [0.3, 0.4) is 0 Å². The summed E-state index contributed by atoms with van der Waals surface area (Å²) in [4.78, 5) is 9.99. The maximum Gasteiger partial charge on any atom is 0.269 e. The molecular formula is C18H20N2O6S. The molecule has 1 fully saturated rings. The summed E-state index contributed by atoms with van der Waals surface area (Å²) in [6.45, 7) is 0.389. The highest BCUT2D eigenvalue weighted by Crippen LogP contribution is 2.26. The zero-order chi connectivity index (χ0) is 19.4. The molecule has 0 heterocycles. The van der Waals surface area contributed by atoms with Gasteiger partial charge in [0.1, 0.15) is 0 Å². The van der Waals surface area contributed by atoms with Crippen LogP contribution in [-0.2, 0) is 21.4 Å². The average molecular weight is 392 g/mol.